The normalized spacial score (nSPS) is 13.4. The number of fused-ring (bicyclic) bond motifs is 1. The lowest BCUT2D eigenvalue weighted by Crippen LogP contribution is -2.31. The van der Waals surface area contributed by atoms with Gasteiger partial charge in [0.2, 0.25) is 0 Å². The van der Waals surface area contributed by atoms with E-state index >= 15 is 0 Å². The molecule has 3 heteroatoms. The van der Waals surface area contributed by atoms with Crippen LogP contribution in [0.1, 0.15) is 5.56 Å². The largest absolute Gasteiger partial charge is 0.342 e. The van der Waals surface area contributed by atoms with Crippen molar-refractivity contribution in [3.8, 4) is 0 Å². The minimum Gasteiger partial charge on any atom is -0.342 e. The average Bonchev–Trinajstić information content (AvgIpc) is 3.06. The number of anilines is 5. The first-order valence-electron chi connectivity index (χ1n) is 10.2. The van der Waals surface area contributed by atoms with Gasteiger partial charge in [-0.1, -0.05) is 60.7 Å². The maximum Gasteiger partial charge on any atom is 0.187 e. The summed E-state index contributed by atoms with van der Waals surface area (Å²) in [5, 5.41) is 0. The molecule has 0 saturated heterocycles. The van der Waals surface area contributed by atoms with Crippen molar-refractivity contribution in [1.82, 2.24) is 0 Å². The van der Waals surface area contributed by atoms with E-state index < -0.39 is 0 Å². The second kappa shape index (κ2) is 7.60. The summed E-state index contributed by atoms with van der Waals surface area (Å²) in [6, 6.07) is 38.3. The van der Waals surface area contributed by atoms with Crippen LogP contribution in [0.5, 0.6) is 0 Å². The Morgan fingerprint density at radius 3 is 1.33 bits per heavy atom. The maximum atomic E-state index is 2.28. The van der Waals surface area contributed by atoms with Crippen molar-refractivity contribution in [1.29, 1.82) is 0 Å². The topological polar surface area (TPSA) is 9.72 Å². The van der Waals surface area contributed by atoms with Gasteiger partial charge in [0.15, 0.2) is 6.17 Å². The Bertz CT molecular complexity index is 1060. The van der Waals surface area contributed by atoms with Gasteiger partial charge in [-0.15, -0.1) is 0 Å². The van der Waals surface area contributed by atoms with Crippen LogP contribution in [0.2, 0.25) is 0 Å². The molecule has 3 nitrogen and oxygen atoms in total. The Morgan fingerprint density at radius 2 is 0.867 bits per heavy atom. The van der Waals surface area contributed by atoms with Crippen molar-refractivity contribution in [3.63, 3.8) is 0 Å². The Balaban J connectivity index is 1.51. The van der Waals surface area contributed by atoms with Gasteiger partial charge in [0.05, 0.1) is 11.4 Å². The molecular formula is C27H24N3. The molecule has 0 fully saturated rings. The molecule has 4 aromatic rings. The number of para-hydroxylation sites is 4. The minimum atomic E-state index is 1.14. The molecule has 0 amide bonds. The molecule has 147 valence electrons. The van der Waals surface area contributed by atoms with Crippen LogP contribution < -0.4 is 14.7 Å². The summed E-state index contributed by atoms with van der Waals surface area (Å²) in [4.78, 5) is 6.80. The molecule has 0 saturated carbocycles. The molecule has 0 atom stereocenters. The summed E-state index contributed by atoms with van der Waals surface area (Å²) in [5.41, 5.74) is 7.08. The van der Waals surface area contributed by atoms with E-state index in [4.69, 9.17) is 0 Å². The lowest BCUT2D eigenvalue weighted by molar-refractivity contribution is 0.910. The highest BCUT2D eigenvalue weighted by Gasteiger charge is 2.33. The van der Waals surface area contributed by atoms with Crippen molar-refractivity contribution in [2.24, 2.45) is 0 Å². The van der Waals surface area contributed by atoms with E-state index in [1.54, 1.807) is 0 Å². The molecule has 4 aromatic carbocycles. The zero-order chi connectivity index (χ0) is 20.5. The van der Waals surface area contributed by atoms with Crippen LogP contribution in [0.3, 0.4) is 0 Å². The minimum absolute atomic E-state index is 1.14. The molecule has 0 spiro atoms. The first kappa shape index (κ1) is 18.3. The van der Waals surface area contributed by atoms with Gasteiger partial charge in [-0.3, -0.25) is 0 Å². The molecule has 0 bridgehead atoms. The fraction of sp³-hybridized carbons (Fsp3) is 0.0741. The van der Waals surface area contributed by atoms with Crippen LogP contribution in [0.25, 0.3) is 0 Å². The number of nitrogens with zero attached hydrogens (tertiary/aromatic N) is 3. The standard InChI is InChI=1S/C27H24N3/c1-28-25-15-9-10-16-26(25)29(2)27(28)21-17-19-24(20-18-21)30(22-11-5-3-6-12-22)23-13-7-4-8-14-23/h3-20H,1-2H3. The van der Waals surface area contributed by atoms with Gasteiger partial charge in [-0.2, -0.15) is 0 Å². The van der Waals surface area contributed by atoms with Gasteiger partial charge < -0.3 is 14.7 Å². The summed E-state index contributed by atoms with van der Waals surface area (Å²) < 4.78 is 0. The van der Waals surface area contributed by atoms with Crippen LogP contribution in [0.4, 0.5) is 28.4 Å². The summed E-state index contributed by atoms with van der Waals surface area (Å²) in [6.07, 6.45) is 1.19. The van der Waals surface area contributed by atoms with Gasteiger partial charge >= 0.3 is 0 Å². The van der Waals surface area contributed by atoms with Gasteiger partial charge in [-0.05, 0) is 48.5 Å². The second-order valence-corrected chi connectivity index (χ2v) is 7.48. The third kappa shape index (κ3) is 3.09. The molecule has 0 aromatic heterocycles. The summed E-state index contributed by atoms with van der Waals surface area (Å²) in [5.74, 6) is 0. The molecule has 0 unspecified atom stereocenters. The van der Waals surface area contributed by atoms with Crippen molar-refractivity contribution in [3.05, 3.63) is 121 Å². The average molecular weight is 391 g/mol. The highest BCUT2D eigenvalue weighted by atomic mass is 15.4. The van der Waals surface area contributed by atoms with E-state index in [0.29, 0.717) is 0 Å². The third-order valence-corrected chi connectivity index (χ3v) is 5.65. The monoisotopic (exact) mass is 390 g/mol. The lowest BCUT2D eigenvalue weighted by Gasteiger charge is -2.28. The van der Waals surface area contributed by atoms with E-state index in [2.05, 4.69) is 138 Å². The van der Waals surface area contributed by atoms with Crippen LogP contribution in [-0.2, 0) is 0 Å². The van der Waals surface area contributed by atoms with Crippen LogP contribution >= 0.6 is 0 Å². The predicted molar refractivity (Wildman–Crippen MR) is 127 cm³/mol. The maximum absolute atomic E-state index is 2.28. The van der Waals surface area contributed by atoms with Gasteiger partial charge in [0.25, 0.3) is 0 Å². The molecule has 5 rings (SSSR count). The predicted octanol–water partition coefficient (Wildman–Crippen LogP) is 6.58. The first-order chi connectivity index (χ1) is 14.7. The number of hydrogen-bond donors (Lipinski definition) is 0. The van der Waals surface area contributed by atoms with Crippen molar-refractivity contribution in [2.75, 3.05) is 28.8 Å². The van der Waals surface area contributed by atoms with Crippen molar-refractivity contribution >= 4 is 28.4 Å². The quantitative estimate of drug-likeness (QED) is 0.390. The van der Waals surface area contributed by atoms with Crippen LogP contribution in [0, 0.1) is 6.17 Å². The number of hydrogen-bond acceptors (Lipinski definition) is 3. The Kier molecular flexibility index (Phi) is 4.64. The van der Waals surface area contributed by atoms with E-state index in [-0.39, 0.29) is 0 Å². The molecule has 1 heterocycles. The first-order valence-corrected chi connectivity index (χ1v) is 10.2. The molecule has 0 N–H and O–H groups in total. The Hall–Kier alpha value is -3.72. The SMILES string of the molecule is CN1[C](c2ccc(N(c3ccccc3)c3ccccc3)cc2)N(C)c2ccccc21. The van der Waals surface area contributed by atoms with Gasteiger partial charge in [0.1, 0.15) is 0 Å². The van der Waals surface area contributed by atoms with E-state index in [9.17, 15) is 0 Å². The van der Waals surface area contributed by atoms with E-state index in [1.807, 2.05) is 0 Å². The van der Waals surface area contributed by atoms with E-state index in [1.165, 1.54) is 23.1 Å². The molecule has 1 aliphatic rings. The Morgan fingerprint density at radius 1 is 0.467 bits per heavy atom. The smallest absolute Gasteiger partial charge is 0.187 e. The third-order valence-electron chi connectivity index (χ3n) is 5.65. The van der Waals surface area contributed by atoms with Crippen molar-refractivity contribution in [2.45, 2.75) is 0 Å². The molecule has 0 aliphatic carbocycles. The highest BCUT2D eigenvalue weighted by Crippen LogP contribution is 2.44. The zero-order valence-electron chi connectivity index (χ0n) is 17.2. The van der Waals surface area contributed by atoms with Gasteiger partial charge in [-0.25, -0.2) is 0 Å². The van der Waals surface area contributed by atoms with Gasteiger partial charge in [0, 0.05) is 36.7 Å². The summed E-state index contributed by atoms with van der Waals surface area (Å²) in [6.45, 7) is 0. The summed E-state index contributed by atoms with van der Waals surface area (Å²) in [7, 11) is 4.26. The Labute approximate surface area is 178 Å². The fourth-order valence-corrected chi connectivity index (χ4v) is 4.23. The summed E-state index contributed by atoms with van der Waals surface area (Å²) >= 11 is 0. The van der Waals surface area contributed by atoms with Crippen LogP contribution in [0.15, 0.2) is 109 Å². The number of rotatable bonds is 4. The zero-order valence-corrected chi connectivity index (χ0v) is 17.2. The molecule has 30 heavy (non-hydrogen) atoms. The molecule has 1 radical (unpaired) electrons. The lowest BCUT2D eigenvalue weighted by atomic mass is 10.1. The van der Waals surface area contributed by atoms with E-state index in [0.717, 1.165) is 17.1 Å². The van der Waals surface area contributed by atoms with Crippen LogP contribution in [-0.4, -0.2) is 14.1 Å². The van der Waals surface area contributed by atoms with Crippen molar-refractivity contribution < 1.29 is 0 Å². The fourth-order valence-electron chi connectivity index (χ4n) is 4.23. The molecule has 1 aliphatic heterocycles. The highest BCUT2D eigenvalue weighted by molar-refractivity contribution is 5.83. The number of benzene rings is 4. The molecular weight excluding hydrogens is 366 g/mol. The second-order valence-electron chi connectivity index (χ2n) is 7.48.